The third kappa shape index (κ3) is 5.41. The highest BCUT2D eigenvalue weighted by Gasteiger charge is 2.22. The summed E-state index contributed by atoms with van der Waals surface area (Å²) in [5, 5.41) is 14.8. The van der Waals surface area contributed by atoms with Gasteiger partial charge >= 0.3 is 5.97 Å². The van der Waals surface area contributed by atoms with E-state index in [1.807, 2.05) is 6.26 Å². The first-order valence-corrected chi connectivity index (χ1v) is 7.24. The Balaban J connectivity index is 2.32. The Morgan fingerprint density at radius 3 is 2.88 bits per heavy atom. The maximum Gasteiger partial charge on any atom is 0.326 e. The van der Waals surface area contributed by atoms with Crippen LogP contribution in [0.2, 0.25) is 0 Å². The molecular weight excluding hydrogens is 240 g/mol. The first-order valence-electron chi connectivity index (χ1n) is 5.85. The van der Waals surface area contributed by atoms with Gasteiger partial charge in [-0.3, -0.25) is 4.79 Å². The van der Waals surface area contributed by atoms with Crippen LogP contribution in [0.4, 0.5) is 0 Å². The van der Waals surface area contributed by atoms with Crippen LogP contribution in [-0.2, 0) is 9.59 Å². The van der Waals surface area contributed by atoms with Gasteiger partial charge in [-0.05, 0) is 43.9 Å². The lowest BCUT2D eigenvalue weighted by Gasteiger charge is -2.15. The number of thioether (sulfide) groups is 1. The van der Waals surface area contributed by atoms with E-state index in [1.165, 1.54) is 0 Å². The number of hydrogen-bond donors (Lipinski definition) is 3. The van der Waals surface area contributed by atoms with Crippen molar-refractivity contribution in [2.45, 2.75) is 25.3 Å². The minimum atomic E-state index is -0.947. The first kappa shape index (κ1) is 14.3. The summed E-state index contributed by atoms with van der Waals surface area (Å²) < 4.78 is 0. The summed E-state index contributed by atoms with van der Waals surface area (Å²) in [6.45, 7) is 1.81. The zero-order valence-electron chi connectivity index (χ0n) is 10.1. The fraction of sp³-hybridized carbons (Fsp3) is 0.818. The lowest BCUT2D eigenvalue weighted by atomic mass is 10.0. The molecule has 0 spiro atoms. The second-order valence-electron chi connectivity index (χ2n) is 4.30. The van der Waals surface area contributed by atoms with E-state index >= 15 is 0 Å². The highest BCUT2D eigenvalue weighted by atomic mass is 32.2. The molecule has 1 heterocycles. The van der Waals surface area contributed by atoms with Crippen LogP contribution < -0.4 is 10.6 Å². The summed E-state index contributed by atoms with van der Waals surface area (Å²) in [7, 11) is 0. The average Bonchev–Trinajstić information content (AvgIpc) is 2.76. The minimum absolute atomic E-state index is 0.146. The van der Waals surface area contributed by atoms with E-state index in [2.05, 4.69) is 10.6 Å². The van der Waals surface area contributed by atoms with Crippen molar-refractivity contribution in [3.63, 3.8) is 0 Å². The van der Waals surface area contributed by atoms with Crippen LogP contribution in [0.3, 0.4) is 0 Å². The monoisotopic (exact) mass is 260 g/mol. The maximum absolute atomic E-state index is 11.7. The largest absolute Gasteiger partial charge is 0.480 e. The molecule has 0 radical (unpaired) electrons. The molecule has 5 nitrogen and oxygen atoms in total. The summed E-state index contributed by atoms with van der Waals surface area (Å²) >= 11 is 1.58. The minimum Gasteiger partial charge on any atom is -0.480 e. The van der Waals surface area contributed by atoms with Crippen LogP contribution in [0, 0.1) is 5.92 Å². The third-order valence-electron chi connectivity index (χ3n) is 2.88. The molecule has 1 saturated heterocycles. The van der Waals surface area contributed by atoms with Gasteiger partial charge in [0.25, 0.3) is 0 Å². The molecule has 1 rings (SSSR count). The SMILES string of the molecule is CSCC[C@@H](NC(=O)CC1CCNC1)C(=O)O. The highest BCUT2D eigenvalue weighted by Crippen LogP contribution is 2.12. The number of amides is 1. The van der Waals surface area contributed by atoms with Crippen LogP contribution in [0.1, 0.15) is 19.3 Å². The standard InChI is InChI=1S/C11H20N2O3S/c1-17-5-3-9(11(15)16)13-10(14)6-8-2-4-12-7-8/h8-9,12H,2-7H2,1H3,(H,13,14)(H,15,16)/t8?,9-/m1/s1. The van der Waals surface area contributed by atoms with E-state index in [0.29, 0.717) is 18.8 Å². The Morgan fingerprint density at radius 2 is 2.35 bits per heavy atom. The van der Waals surface area contributed by atoms with E-state index in [0.717, 1.165) is 25.3 Å². The predicted octanol–water partition coefficient (Wildman–Crippen LogP) is 0.309. The van der Waals surface area contributed by atoms with Crippen molar-refractivity contribution in [1.82, 2.24) is 10.6 Å². The number of carbonyl (C=O) groups is 2. The molecule has 0 bridgehead atoms. The lowest BCUT2D eigenvalue weighted by Crippen LogP contribution is -2.41. The molecule has 1 aliphatic rings. The van der Waals surface area contributed by atoms with Gasteiger partial charge in [-0.15, -0.1) is 0 Å². The van der Waals surface area contributed by atoms with Crippen LogP contribution >= 0.6 is 11.8 Å². The molecular formula is C11H20N2O3S. The molecule has 1 fully saturated rings. The number of aliphatic carboxylic acids is 1. The van der Waals surface area contributed by atoms with Crippen molar-refractivity contribution in [3.8, 4) is 0 Å². The molecule has 0 aromatic carbocycles. The molecule has 0 aromatic rings. The number of hydrogen-bond acceptors (Lipinski definition) is 4. The van der Waals surface area contributed by atoms with E-state index in [9.17, 15) is 9.59 Å². The van der Waals surface area contributed by atoms with Gasteiger partial charge in [0.2, 0.25) is 5.91 Å². The van der Waals surface area contributed by atoms with Crippen LogP contribution in [0.5, 0.6) is 0 Å². The fourth-order valence-corrected chi connectivity index (χ4v) is 2.37. The van der Waals surface area contributed by atoms with Gasteiger partial charge in [-0.1, -0.05) is 0 Å². The van der Waals surface area contributed by atoms with Crippen molar-refractivity contribution in [2.75, 3.05) is 25.1 Å². The van der Waals surface area contributed by atoms with Gasteiger partial charge < -0.3 is 15.7 Å². The third-order valence-corrected chi connectivity index (χ3v) is 3.52. The molecule has 1 aliphatic heterocycles. The summed E-state index contributed by atoms with van der Waals surface area (Å²) in [4.78, 5) is 22.6. The van der Waals surface area contributed by atoms with Crippen molar-refractivity contribution < 1.29 is 14.7 Å². The maximum atomic E-state index is 11.7. The molecule has 98 valence electrons. The Morgan fingerprint density at radius 1 is 1.59 bits per heavy atom. The zero-order valence-corrected chi connectivity index (χ0v) is 10.9. The van der Waals surface area contributed by atoms with Crippen molar-refractivity contribution in [2.24, 2.45) is 5.92 Å². The molecule has 0 aliphatic carbocycles. The molecule has 1 unspecified atom stereocenters. The smallest absolute Gasteiger partial charge is 0.326 e. The van der Waals surface area contributed by atoms with Gasteiger partial charge in [0.15, 0.2) is 0 Å². The fourth-order valence-electron chi connectivity index (χ4n) is 1.90. The molecule has 6 heteroatoms. The van der Waals surface area contributed by atoms with Crippen LogP contribution in [-0.4, -0.2) is 48.1 Å². The Hall–Kier alpha value is -0.750. The van der Waals surface area contributed by atoms with Gasteiger partial charge in [-0.25, -0.2) is 4.79 Å². The number of carboxylic acid groups (broad SMARTS) is 1. The first-order chi connectivity index (χ1) is 8.13. The second-order valence-corrected chi connectivity index (χ2v) is 5.29. The molecule has 3 N–H and O–H groups in total. The number of carbonyl (C=O) groups excluding carboxylic acids is 1. The summed E-state index contributed by atoms with van der Waals surface area (Å²) in [5.74, 6) is -0.00321. The van der Waals surface area contributed by atoms with Crippen molar-refractivity contribution >= 4 is 23.6 Å². The van der Waals surface area contributed by atoms with E-state index < -0.39 is 12.0 Å². The van der Waals surface area contributed by atoms with Crippen LogP contribution in [0.25, 0.3) is 0 Å². The van der Waals surface area contributed by atoms with Gasteiger partial charge in [-0.2, -0.15) is 11.8 Å². The van der Waals surface area contributed by atoms with Gasteiger partial charge in [0, 0.05) is 6.42 Å². The van der Waals surface area contributed by atoms with Gasteiger partial charge in [0.1, 0.15) is 6.04 Å². The predicted molar refractivity (Wildman–Crippen MR) is 68.2 cm³/mol. The second kappa shape index (κ2) is 7.55. The number of nitrogens with one attached hydrogen (secondary N) is 2. The number of rotatable bonds is 7. The summed E-state index contributed by atoms with van der Waals surface area (Å²) in [5.41, 5.74) is 0. The normalized spacial score (nSPS) is 21.1. The van der Waals surface area contributed by atoms with E-state index in [-0.39, 0.29) is 5.91 Å². The molecule has 1 amide bonds. The quantitative estimate of drug-likeness (QED) is 0.614. The number of carboxylic acids is 1. The molecule has 0 aromatic heterocycles. The average molecular weight is 260 g/mol. The Kier molecular flexibility index (Phi) is 6.36. The summed E-state index contributed by atoms with van der Waals surface area (Å²) in [6.07, 6.45) is 3.82. The van der Waals surface area contributed by atoms with Gasteiger partial charge in [0.05, 0.1) is 0 Å². The molecule has 0 saturated carbocycles. The zero-order chi connectivity index (χ0) is 12.7. The Labute approximate surface area is 106 Å². The topological polar surface area (TPSA) is 78.4 Å². The highest BCUT2D eigenvalue weighted by molar-refractivity contribution is 7.98. The lowest BCUT2D eigenvalue weighted by molar-refractivity contribution is -0.142. The van der Waals surface area contributed by atoms with E-state index in [1.54, 1.807) is 11.8 Å². The molecule has 17 heavy (non-hydrogen) atoms. The summed E-state index contributed by atoms with van der Waals surface area (Å²) in [6, 6.07) is -0.746. The molecule has 2 atom stereocenters. The van der Waals surface area contributed by atoms with Crippen molar-refractivity contribution in [3.05, 3.63) is 0 Å². The van der Waals surface area contributed by atoms with Crippen molar-refractivity contribution in [1.29, 1.82) is 0 Å². The van der Waals surface area contributed by atoms with E-state index in [4.69, 9.17) is 5.11 Å². The Bertz CT molecular complexity index is 267. The van der Waals surface area contributed by atoms with Crippen LogP contribution in [0.15, 0.2) is 0 Å².